The highest BCUT2D eigenvalue weighted by Crippen LogP contribution is 2.51. The Kier molecular flexibility index (Phi) is 5.55. The Labute approximate surface area is 159 Å². The topological polar surface area (TPSA) is 9.23 Å². The number of rotatable bonds is 5. The lowest BCUT2D eigenvalue weighted by Crippen LogP contribution is -2.19. The summed E-state index contributed by atoms with van der Waals surface area (Å²) in [5.74, 6) is 0.708. The summed E-state index contributed by atoms with van der Waals surface area (Å²) in [5.41, 5.74) is 4.84. The highest BCUT2D eigenvalue weighted by atomic mass is 19.4. The maximum absolute atomic E-state index is 12.5. The largest absolute Gasteiger partial charge is 0.484 e. The molecule has 0 radical (unpaired) electrons. The molecule has 0 bridgehead atoms. The molecular weight excluding hydrogens is 349 g/mol. The molecule has 1 fully saturated rings. The Morgan fingerprint density at radius 3 is 2.52 bits per heavy atom. The standard InChI is InChI=1S/C23H27F3O/c1-4-16-10-11-19(20(13-16)21-9-6-12-22(21,2)3)17-7-5-8-18(14-17)27-15-23(24,25)26/h5,7-8,10-11,13-14,21H,4,6,9,12,15H2,1-3H3/t21-/m1/s1. The molecular formula is C23H27F3O. The van der Waals surface area contributed by atoms with Crippen molar-refractivity contribution < 1.29 is 17.9 Å². The summed E-state index contributed by atoms with van der Waals surface area (Å²) < 4.78 is 42.4. The fourth-order valence-electron chi connectivity index (χ4n) is 4.21. The molecule has 0 heterocycles. The van der Waals surface area contributed by atoms with Crippen LogP contribution in [0.5, 0.6) is 5.75 Å². The monoisotopic (exact) mass is 376 g/mol. The van der Waals surface area contributed by atoms with Crippen molar-refractivity contribution >= 4 is 0 Å². The lowest BCUT2D eigenvalue weighted by molar-refractivity contribution is -0.153. The van der Waals surface area contributed by atoms with Crippen molar-refractivity contribution in [1.29, 1.82) is 0 Å². The van der Waals surface area contributed by atoms with Gasteiger partial charge in [-0.25, -0.2) is 0 Å². The van der Waals surface area contributed by atoms with Crippen molar-refractivity contribution in [3.8, 4) is 16.9 Å². The molecule has 27 heavy (non-hydrogen) atoms. The first-order chi connectivity index (χ1) is 12.7. The van der Waals surface area contributed by atoms with E-state index in [1.54, 1.807) is 18.2 Å². The van der Waals surface area contributed by atoms with Gasteiger partial charge in [0.15, 0.2) is 6.61 Å². The SMILES string of the molecule is CCc1ccc(-c2cccc(OCC(F)(F)F)c2)c([C@H]2CCCC2(C)C)c1. The van der Waals surface area contributed by atoms with Gasteiger partial charge in [0.05, 0.1) is 0 Å². The van der Waals surface area contributed by atoms with E-state index in [0.717, 1.165) is 24.0 Å². The van der Waals surface area contributed by atoms with Crippen LogP contribution in [0, 0.1) is 5.41 Å². The smallest absolute Gasteiger partial charge is 0.422 e. The molecule has 1 nitrogen and oxygen atoms in total. The second-order valence-corrected chi connectivity index (χ2v) is 8.14. The second kappa shape index (κ2) is 7.57. The Hall–Kier alpha value is -1.97. The molecule has 2 aromatic rings. The van der Waals surface area contributed by atoms with Crippen LogP contribution in [0.4, 0.5) is 13.2 Å². The van der Waals surface area contributed by atoms with Crippen LogP contribution in [0.3, 0.4) is 0 Å². The van der Waals surface area contributed by atoms with E-state index in [2.05, 4.69) is 39.0 Å². The number of hydrogen-bond acceptors (Lipinski definition) is 1. The molecule has 1 aliphatic carbocycles. The van der Waals surface area contributed by atoms with E-state index >= 15 is 0 Å². The summed E-state index contributed by atoms with van der Waals surface area (Å²) in [7, 11) is 0. The zero-order chi connectivity index (χ0) is 19.7. The number of alkyl halides is 3. The minimum Gasteiger partial charge on any atom is -0.484 e. The Morgan fingerprint density at radius 2 is 1.89 bits per heavy atom. The van der Waals surface area contributed by atoms with E-state index < -0.39 is 12.8 Å². The van der Waals surface area contributed by atoms with Crippen LogP contribution in [0.25, 0.3) is 11.1 Å². The van der Waals surface area contributed by atoms with Gasteiger partial charge in [0.2, 0.25) is 0 Å². The molecule has 0 aromatic heterocycles. The fourth-order valence-corrected chi connectivity index (χ4v) is 4.21. The number of aryl methyl sites for hydroxylation is 1. The molecule has 0 N–H and O–H groups in total. The van der Waals surface area contributed by atoms with Gasteiger partial charge in [-0.2, -0.15) is 13.2 Å². The molecule has 0 spiro atoms. The van der Waals surface area contributed by atoms with Gasteiger partial charge in [0.25, 0.3) is 0 Å². The first-order valence-electron chi connectivity index (χ1n) is 9.62. The van der Waals surface area contributed by atoms with E-state index in [9.17, 15) is 13.2 Å². The predicted molar refractivity (Wildman–Crippen MR) is 103 cm³/mol. The summed E-state index contributed by atoms with van der Waals surface area (Å²) in [5, 5.41) is 0. The van der Waals surface area contributed by atoms with Crippen LogP contribution in [0.2, 0.25) is 0 Å². The van der Waals surface area contributed by atoms with Gasteiger partial charge in [-0.3, -0.25) is 0 Å². The third-order valence-electron chi connectivity index (χ3n) is 5.70. The third-order valence-corrected chi connectivity index (χ3v) is 5.70. The van der Waals surface area contributed by atoms with Crippen molar-refractivity contribution in [3.05, 3.63) is 53.6 Å². The van der Waals surface area contributed by atoms with Crippen LogP contribution in [0.1, 0.15) is 57.1 Å². The van der Waals surface area contributed by atoms with Crippen molar-refractivity contribution in [2.75, 3.05) is 6.61 Å². The van der Waals surface area contributed by atoms with Crippen LogP contribution in [0.15, 0.2) is 42.5 Å². The first-order valence-corrected chi connectivity index (χ1v) is 9.62. The van der Waals surface area contributed by atoms with E-state index in [1.165, 1.54) is 24.0 Å². The van der Waals surface area contributed by atoms with Gasteiger partial charge in [-0.15, -0.1) is 0 Å². The molecule has 1 atom stereocenters. The highest BCUT2D eigenvalue weighted by Gasteiger charge is 2.36. The molecule has 3 rings (SSSR count). The molecule has 0 amide bonds. The predicted octanol–water partition coefficient (Wildman–Crippen LogP) is 7.15. The molecule has 0 saturated heterocycles. The Balaban J connectivity index is 1.99. The summed E-state index contributed by atoms with van der Waals surface area (Å²) in [6.45, 7) is 5.50. The first kappa shape index (κ1) is 19.8. The molecule has 146 valence electrons. The minimum absolute atomic E-state index is 0.228. The quantitative estimate of drug-likeness (QED) is 0.538. The Bertz CT molecular complexity index is 792. The normalized spacial score (nSPS) is 19.3. The van der Waals surface area contributed by atoms with Gasteiger partial charge < -0.3 is 4.74 Å². The van der Waals surface area contributed by atoms with Crippen molar-refractivity contribution in [1.82, 2.24) is 0 Å². The molecule has 0 unspecified atom stereocenters. The lowest BCUT2D eigenvalue weighted by atomic mass is 9.75. The summed E-state index contributed by atoms with van der Waals surface area (Å²) in [4.78, 5) is 0. The zero-order valence-corrected chi connectivity index (χ0v) is 16.2. The molecule has 4 heteroatoms. The maximum Gasteiger partial charge on any atom is 0.422 e. The van der Waals surface area contributed by atoms with Gasteiger partial charge in [-0.05, 0) is 65.0 Å². The van der Waals surface area contributed by atoms with Gasteiger partial charge in [-0.1, -0.05) is 57.5 Å². The number of benzene rings is 2. The molecule has 1 aliphatic rings. The minimum atomic E-state index is -4.34. The highest BCUT2D eigenvalue weighted by molar-refractivity contribution is 5.70. The van der Waals surface area contributed by atoms with Gasteiger partial charge in [0.1, 0.15) is 5.75 Å². The number of hydrogen-bond donors (Lipinski definition) is 0. The van der Waals surface area contributed by atoms with E-state index in [0.29, 0.717) is 5.92 Å². The molecule has 2 aromatic carbocycles. The Morgan fingerprint density at radius 1 is 1.11 bits per heavy atom. The number of halogens is 3. The molecule has 0 aliphatic heterocycles. The fraction of sp³-hybridized carbons (Fsp3) is 0.478. The van der Waals surface area contributed by atoms with Gasteiger partial charge >= 0.3 is 6.18 Å². The molecule has 1 saturated carbocycles. The van der Waals surface area contributed by atoms with E-state index in [-0.39, 0.29) is 11.2 Å². The maximum atomic E-state index is 12.5. The summed E-state index contributed by atoms with van der Waals surface area (Å²) in [6.07, 6.45) is 0.189. The summed E-state index contributed by atoms with van der Waals surface area (Å²) >= 11 is 0. The van der Waals surface area contributed by atoms with Crippen molar-refractivity contribution in [3.63, 3.8) is 0 Å². The van der Waals surface area contributed by atoms with Crippen molar-refractivity contribution in [2.24, 2.45) is 5.41 Å². The van der Waals surface area contributed by atoms with Crippen LogP contribution in [-0.2, 0) is 6.42 Å². The third kappa shape index (κ3) is 4.66. The summed E-state index contributed by atoms with van der Waals surface area (Å²) in [6, 6.07) is 13.5. The van der Waals surface area contributed by atoms with Crippen LogP contribution in [-0.4, -0.2) is 12.8 Å². The van der Waals surface area contributed by atoms with E-state index in [1.807, 2.05) is 6.07 Å². The average molecular weight is 376 g/mol. The number of ether oxygens (including phenoxy) is 1. The van der Waals surface area contributed by atoms with E-state index in [4.69, 9.17) is 4.74 Å². The van der Waals surface area contributed by atoms with Gasteiger partial charge in [0, 0.05) is 0 Å². The van der Waals surface area contributed by atoms with Crippen molar-refractivity contribution in [2.45, 2.75) is 58.5 Å². The second-order valence-electron chi connectivity index (χ2n) is 8.14. The lowest BCUT2D eigenvalue weighted by Gasteiger charge is -2.30. The van der Waals surface area contributed by atoms with Crippen LogP contribution >= 0.6 is 0 Å². The van der Waals surface area contributed by atoms with Crippen LogP contribution < -0.4 is 4.74 Å². The zero-order valence-electron chi connectivity index (χ0n) is 16.2. The average Bonchev–Trinajstić information content (AvgIpc) is 2.98.